The highest BCUT2D eigenvalue weighted by Crippen LogP contribution is 2.18. The van der Waals surface area contributed by atoms with Crippen LogP contribution in [0.3, 0.4) is 0 Å². The van der Waals surface area contributed by atoms with E-state index in [-0.39, 0.29) is 6.61 Å². The van der Waals surface area contributed by atoms with Crippen molar-refractivity contribution in [2.75, 3.05) is 6.61 Å². The number of rotatable bonds is 3. The van der Waals surface area contributed by atoms with Gasteiger partial charge in [0, 0.05) is 0 Å². The zero-order chi connectivity index (χ0) is 9.07. The molecule has 66 valence electrons. The number of esters is 1. The van der Waals surface area contributed by atoms with Gasteiger partial charge in [-0.2, -0.15) is 4.39 Å². The average Bonchev–Trinajstić information content (AvgIpc) is 1.88. The molecule has 0 bridgehead atoms. The molecule has 6 heteroatoms. The van der Waals surface area contributed by atoms with Crippen molar-refractivity contribution in [3.63, 3.8) is 0 Å². The first-order valence-corrected chi connectivity index (χ1v) is 2.79. The maximum absolute atomic E-state index is 12.1. The molecule has 0 saturated carbocycles. The van der Waals surface area contributed by atoms with E-state index in [0.29, 0.717) is 0 Å². The Kier molecular flexibility index (Phi) is 3.31. The monoisotopic (exact) mass is 172 g/mol. The van der Waals surface area contributed by atoms with E-state index in [0.717, 1.165) is 0 Å². The van der Waals surface area contributed by atoms with Gasteiger partial charge in [-0.25, -0.2) is 13.6 Å². The Balaban J connectivity index is 4.18. The van der Waals surface area contributed by atoms with Gasteiger partial charge in [-0.3, -0.25) is 0 Å². The molecule has 0 aromatic heterocycles. The second kappa shape index (κ2) is 3.56. The van der Waals surface area contributed by atoms with Gasteiger partial charge in [0.15, 0.2) is 0 Å². The molecule has 3 nitrogen and oxygen atoms in total. The van der Waals surface area contributed by atoms with Crippen LogP contribution in [0.5, 0.6) is 0 Å². The van der Waals surface area contributed by atoms with Crippen molar-refractivity contribution in [2.45, 2.75) is 19.2 Å². The third kappa shape index (κ3) is 2.38. The highest BCUT2D eigenvalue weighted by Gasteiger charge is 2.47. The molecule has 0 spiro atoms. The zero-order valence-corrected chi connectivity index (χ0v) is 5.68. The third-order valence-electron chi connectivity index (χ3n) is 0.851. The van der Waals surface area contributed by atoms with Gasteiger partial charge in [-0.15, -0.1) is 0 Å². The molecule has 1 unspecified atom stereocenters. The van der Waals surface area contributed by atoms with Gasteiger partial charge >= 0.3 is 18.2 Å². The van der Waals surface area contributed by atoms with Crippen molar-refractivity contribution in [1.82, 2.24) is 0 Å². The molecule has 0 aliphatic carbocycles. The Bertz CT molecular complexity index is 146. The van der Waals surface area contributed by atoms with Gasteiger partial charge in [-0.05, 0) is 6.92 Å². The van der Waals surface area contributed by atoms with Crippen LogP contribution in [0.4, 0.5) is 13.2 Å². The minimum Gasteiger partial charge on any atom is -0.462 e. The Morgan fingerprint density at radius 2 is 2.18 bits per heavy atom. The molecule has 0 radical (unpaired) electrons. The summed E-state index contributed by atoms with van der Waals surface area (Å²) in [5.74, 6) is -6.15. The Labute approximate surface area is 60.8 Å². The summed E-state index contributed by atoms with van der Waals surface area (Å²) in [6.45, 7) is 1.04. The van der Waals surface area contributed by atoms with Crippen molar-refractivity contribution in [3.05, 3.63) is 0 Å². The van der Waals surface area contributed by atoms with E-state index in [4.69, 9.17) is 5.11 Å². The maximum Gasteiger partial charge on any atom is 0.378 e. The van der Waals surface area contributed by atoms with E-state index in [1.54, 1.807) is 0 Å². The Hall–Kier alpha value is -0.780. The van der Waals surface area contributed by atoms with Crippen LogP contribution in [-0.2, 0) is 9.53 Å². The first-order chi connectivity index (χ1) is 4.92. The number of hydrogen-bond donors (Lipinski definition) is 1. The molecule has 0 aromatic carbocycles. The van der Waals surface area contributed by atoms with Crippen molar-refractivity contribution in [2.24, 2.45) is 0 Å². The van der Waals surface area contributed by atoms with E-state index in [2.05, 4.69) is 4.74 Å². The second-order valence-electron chi connectivity index (χ2n) is 1.69. The quantitative estimate of drug-likeness (QED) is 0.629. The van der Waals surface area contributed by atoms with E-state index < -0.39 is 18.2 Å². The number of aliphatic hydroxyl groups is 1. The molecule has 0 heterocycles. The highest BCUT2D eigenvalue weighted by molar-refractivity contribution is 5.77. The molecule has 0 amide bonds. The van der Waals surface area contributed by atoms with Gasteiger partial charge in [0.2, 0.25) is 0 Å². The van der Waals surface area contributed by atoms with E-state index in [1.165, 1.54) is 6.92 Å². The fourth-order valence-corrected chi connectivity index (χ4v) is 0.321. The molecule has 0 rings (SSSR count). The smallest absolute Gasteiger partial charge is 0.378 e. The number of halogens is 3. The zero-order valence-electron chi connectivity index (χ0n) is 5.68. The third-order valence-corrected chi connectivity index (χ3v) is 0.851. The largest absolute Gasteiger partial charge is 0.462 e. The second-order valence-corrected chi connectivity index (χ2v) is 1.69. The molecule has 1 N–H and O–H groups in total. The van der Waals surface area contributed by atoms with Gasteiger partial charge in [-0.1, -0.05) is 0 Å². The first kappa shape index (κ1) is 10.2. The lowest BCUT2D eigenvalue weighted by Gasteiger charge is -2.14. The first-order valence-electron chi connectivity index (χ1n) is 2.79. The van der Waals surface area contributed by atoms with Crippen LogP contribution in [0.2, 0.25) is 0 Å². The van der Waals surface area contributed by atoms with Gasteiger partial charge in [0.05, 0.1) is 6.61 Å². The van der Waals surface area contributed by atoms with Gasteiger partial charge in [0.25, 0.3) is 0 Å². The summed E-state index contributed by atoms with van der Waals surface area (Å²) in [5.41, 5.74) is 0. The minimum atomic E-state index is -4.18. The predicted octanol–water partition coefficient (Wildman–Crippen LogP) is 0.473. The normalized spacial score (nSPS) is 16.2. The lowest BCUT2D eigenvalue weighted by atomic mass is 10.3. The van der Waals surface area contributed by atoms with Crippen LogP contribution in [0.25, 0.3) is 0 Å². The maximum atomic E-state index is 12.1. The summed E-state index contributed by atoms with van der Waals surface area (Å²) in [7, 11) is 0. The van der Waals surface area contributed by atoms with Gasteiger partial charge in [0.1, 0.15) is 0 Å². The van der Waals surface area contributed by atoms with E-state index in [1.807, 2.05) is 0 Å². The fraction of sp³-hybridized carbons (Fsp3) is 0.800. The predicted molar refractivity (Wildman–Crippen MR) is 28.7 cm³/mol. The number of carbonyl (C=O) groups excluding carboxylic acids is 1. The molecule has 1 atom stereocenters. The van der Waals surface area contributed by atoms with Crippen LogP contribution < -0.4 is 0 Å². The molecule has 0 aliphatic heterocycles. The minimum absolute atomic E-state index is 0.266. The highest BCUT2D eigenvalue weighted by atomic mass is 19.3. The van der Waals surface area contributed by atoms with E-state index >= 15 is 0 Å². The number of ether oxygens (including phenoxy) is 1. The van der Waals surface area contributed by atoms with Crippen molar-refractivity contribution < 1.29 is 27.8 Å². The molecule has 0 fully saturated rings. The summed E-state index contributed by atoms with van der Waals surface area (Å²) in [5, 5.41) is 8.10. The summed E-state index contributed by atoms with van der Waals surface area (Å²) in [6.07, 6.45) is -3.79. The van der Waals surface area contributed by atoms with Crippen LogP contribution in [0.15, 0.2) is 0 Å². The van der Waals surface area contributed by atoms with Crippen LogP contribution in [-0.4, -0.2) is 30.0 Å². The Morgan fingerprint density at radius 3 is 2.45 bits per heavy atom. The van der Waals surface area contributed by atoms with Crippen LogP contribution in [0.1, 0.15) is 6.92 Å². The van der Waals surface area contributed by atoms with Crippen LogP contribution >= 0.6 is 0 Å². The molecule has 0 aliphatic rings. The summed E-state index contributed by atoms with van der Waals surface area (Å²) < 4.78 is 38.9. The molecule has 0 saturated heterocycles. The number of alkyl halides is 3. The molecular weight excluding hydrogens is 165 g/mol. The lowest BCUT2D eigenvalue weighted by Crippen LogP contribution is -2.42. The lowest BCUT2D eigenvalue weighted by molar-refractivity contribution is -0.218. The molecule has 11 heavy (non-hydrogen) atoms. The fourth-order valence-electron chi connectivity index (χ4n) is 0.321. The van der Waals surface area contributed by atoms with Crippen molar-refractivity contribution >= 4 is 5.97 Å². The summed E-state index contributed by atoms with van der Waals surface area (Å²) in [6, 6.07) is 0. The van der Waals surface area contributed by atoms with Gasteiger partial charge < -0.3 is 9.84 Å². The van der Waals surface area contributed by atoms with Crippen LogP contribution in [0, 0.1) is 0 Å². The summed E-state index contributed by atoms with van der Waals surface area (Å²) in [4.78, 5) is 10.2. The average molecular weight is 172 g/mol. The SMILES string of the molecule is CCOC(=O)C(O)(F)C(F)F. The number of hydrogen-bond acceptors (Lipinski definition) is 3. The van der Waals surface area contributed by atoms with Crippen molar-refractivity contribution in [1.29, 1.82) is 0 Å². The molecular formula is C5H7F3O3. The number of carbonyl (C=O) groups is 1. The molecule has 0 aromatic rings. The van der Waals surface area contributed by atoms with Crippen molar-refractivity contribution in [3.8, 4) is 0 Å². The topological polar surface area (TPSA) is 46.5 Å². The van der Waals surface area contributed by atoms with E-state index in [9.17, 15) is 18.0 Å². The Morgan fingerprint density at radius 1 is 1.73 bits per heavy atom. The standard InChI is InChI=1S/C5H7F3O3/c1-2-11-4(9)5(8,10)3(6)7/h3,10H,2H2,1H3. The summed E-state index contributed by atoms with van der Waals surface area (Å²) >= 11 is 0.